The summed E-state index contributed by atoms with van der Waals surface area (Å²) < 4.78 is 0. The maximum atomic E-state index is 12.5. The molecule has 2 unspecified atom stereocenters. The Labute approximate surface area is 202 Å². The molecule has 3 rings (SSSR count). The first-order valence-electron chi connectivity index (χ1n) is 11.1. The predicted molar refractivity (Wildman–Crippen MR) is 135 cm³/mol. The molecule has 1 aliphatic carbocycles. The molecule has 1 aromatic rings. The Morgan fingerprint density at radius 1 is 1.23 bits per heavy atom. The first-order chi connectivity index (χ1) is 14.5. The van der Waals surface area contributed by atoms with E-state index >= 15 is 0 Å². The minimum absolute atomic E-state index is 0. The van der Waals surface area contributed by atoms with Gasteiger partial charge in [0.1, 0.15) is 0 Å². The average Bonchev–Trinajstić information content (AvgIpc) is 2.76. The minimum atomic E-state index is -0.104. The van der Waals surface area contributed by atoms with Gasteiger partial charge in [0, 0.05) is 38.8 Å². The lowest BCUT2D eigenvalue weighted by Crippen LogP contribution is -2.49. The SMILES string of the molecule is CN=C(NCCC1CCCC(C)C1)NCc1ccc(C(=O)N2CCNC(=O)C2)cc1.I. The zero-order chi connectivity index (χ0) is 21.3. The molecule has 31 heavy (non-hydrogen) atoms. The van der Waals surface area contributed by atoms with Crippen LogP contribution < -0.4 is 16.0 Å². The Hall–Kier alpha value is -1.84. The third kappa shape index (κ3) is 7.97. The molecule has 0 bridgehead atoms. The highest BCUT2D eigenvalue weighted by Gasteiger charge is 2.22. The van der Waals surface area contributed by atoms with Gasteiger partial charge in [0.15, 0.2) is 5.96 Å². The van der Waals surface area contributed by atoms with E-state index in [2.05, 4.69) is 27.9 Å². The van der Waals surface area contributed by atoms with Crippen molar-refractivity contribution in [3.8, 4) is 0 Å². The van der Waals surface area contributed by atoms with E-state index in [1.54, 1.807) is 11.9 Å². The number of carbonyl (C=O) groups is 2. The highest BCUT2D eigenvalue weighted by Crippen LogP contribution is 2.30. The van der Waals surface area contributed by atoms with E-state index in [0.717, 1.165) is 29.9 Å². The topological polar surface area (TPSA) is 85.8 Å². The van der Waals surface area contributed by atoms with Crippen molar-refractivity contribution in [3.63, 3.8) is 0 Å². The normalized spacial score (nSPS) is 21.7. The van der Waals surface area contributed by atoms with Crippen LogP contribution in [0.1, 0.15) is 54.9 Å². The number of amides is 2. The number of aliphatic imine (C=N–C) groups is 1. The molecule has 1 aliphatic heterocycles. The summed E-state index contributed by atoms with van der Waals surface area (Å²) >= 11 is 0. The lowest BCUT2D eigenvalue weighted by atomic mass is 9.81. The van der Waals surface area contributed by atoms with Crippen LogP contribution in [0.25, 0.3) is 0 Å². The number of nitrogens with one attached hydrogen (secondary N) is 3. The fourth-order valence-electron chi connectivity index (χ4n) is 4.38. The Kier molecular flexibility index (Phi) is 10.6. The van der Waals surface area contributed by atoms with Gasteiger partial charge < -0.3 is 20.9 Å². The molecular formula is C23H36IN5O2. The van der Waals surface area contributed by atoms with Crippen LogP contribution in [0.3, 0.4) is 0 Å². The monoisotopic (exact) mass is 541 g/mol. The first-order valence-corrected chi connectivity index (χ1v) is 11.1. The van der Waals surface area contributed by atoms with Crippen LogP contribution in [0, 0.1) is 11.8 Å². The second kappa shape index (κ2) is 12.9. The average molecular weight is 541 g/mol. The largest absolute Gasteiger partial charge is 0.356 e. The Balaban J connectivity index is 0.00000341. The second-order valence-corrected chi connectivity index (χ2v) is 8.55. The third-order valence-corrected chi connectivity index (χ3v) is 6.10. The number of halogens is 1. The van der Waals surface area contributed by atoms with Gasteiger partial charge in [-0.15, -0.1) is 24.0 Å². The molecule has 7 nitrogen and oxygen atoms in total. The molecule has 2 amide bonds. The molecule has 1 heterocycles. The molecular weight excluding hydrogens is 505 g/mol. The van der Waals surface area contributed by atoms with Crippen molar-refractivity contribution < 1.29 is 9.59 Å². The fraction of sp³-hybridized carbons (Fsp3) is 0.609. The summed E-state index contributed by atoms with van der Waals surface area (Å²) in [6.45, 7) is 5.13. The summed E-state index contributed by atoms with van der Waals surface area (Å²) in [5.74, 6) is 2.29. The zero-order valence-electron chi connectivity index (χ0n) is 18.7. The van der Waals surface area contributed by atoms with Crippen molar-refractivity contribution in [2.24, 2.45) is 16.8 Å². The molecule has 172 valence electrons. The van der Waals surface area contributed by atoms with Crippen LogP contribution >= 0.6 is 24.0 Å². The number of hydrogen-bond donors (Lipinski definition) is 3. The van der Waals surface area contributed by atoms with Gasteiger partial charge in [-0.3, -0.25) is 14.6 Å². The quantitative estimate of drug-likeness (QED) is 0.294. The van der Waals surface area contributed by atoms with Crippen molar-refractivity contribution in [1.82, 2.24) is 20.9 Å². The number of benzene rings is 1. The van der Waals surface area contributed by atoms with Gasteiger partial charge in [-0.25, -0.2) is 0 Å². The number of rotatable bonds is 6. The van der Waals surface area contributed by atoms with Gasteiger partial charge in [-0.2, -0.15) is 0 Å². The third-order valence-electron chi connectivity index (χ3n) is 6.10. The van der Waals surface area contributed by atoms with E-state index in [1.165, 1.54) is 32.1 Å². The smallest absolute Gasteiger partial charge is 0.254 e. The summed E-state index contributed by atoms with van der Waals surface area (Å²) in [5, 5.41) is 9.50. The van der Waals surface area contributed by atoms with Gasteiger partial charge in [0.05, 0.1) is 6.54 Å². The molecule has 1 saturated heterocycles. The summed E-state index contributed by atoms with van der Waals surface area (Å²) in [5.41, 5.74) is 1.68. The van der Waals surface area contributed by atoms with Crippen molar-refractivity contribution >= 4 is 41.8 Å². The van der Waals surface area contributed by atoms with Crippen molar-refractivity contribution in [2.45, 2.75) is 45.6 Å². The standard InChI is InChI=1S/C23H35N5O2.HI/c1-17-4-3-5-18(14-17)10-11-26-23(24-2)27-15-19-6-8-20(9-7-19)22(30)28-13-12-25-21(29)16-28;/h6-9,17-18H,3-5,10-16H2,1-2H3,(H,25,29)(H2,24,26,27);1H. The summed E-state index contributed by atoms with van der Waals surface area (Å²) in [4.78, 5) is 29.9. The lowest BCUT2D eigenvalue weighted by Gasteiger charge is -2.27. The molecule has 8 heteroatoms. The maximum Gasteiger partial charge on any atom is 0.254 e. The highest BCUT2D eigenvalue weighted by atomic mass is 127. The predicted octanol–water partition coefficient (Wildman–Crippen LogP) is 2.76. The molecule has 2 fully saturated rings. The summed E-state index contributed by atoms with van der Waals surface area (Å²) in [6, 6.07) is 7.54. The molecule has 1 aromatic carbocycles. The number of hydrogen-bond acceptors (Lipinski definition) is 3. The van der Waals surface area contributed by atoms with Gasteiger partial charge in [0.2, 0.25) is 5.91 Å². The lowest BCUT2D eigenvalue weighted by molar-refractivity contribution is -0.123. The van der Waals surface area contributed by atoms with E-state index in [1.807, 2.05) is 24.3 Å². The van der Waals surface area contributed by atoms with Crippen LogP contribution in [0.2, 0.25) is 0 Å². The molecule has 0 radical (unpaired) electrons. The number of piperazine rings is 1. The van der Waals surface area contributed by atoms with E-state index in [9.17, 15) is 9.59 Å². The number of carbonyl (C=O) groups excluding carboxylic acids is 2. The van der Waals surface area contributed by atoms with Gasteiger partial charge in [0.25, 0.3) is 5.91 Å². The van der Waals surface area contributed by atoms with Gasteiger partial charge in [-0.05, 0) is 42.4 Å². The molecule has 0 aromatic heterocycles. The van der Waals surface area contributed by atoms with E-state index in [0.29, 0.717) is 25.2 Å². The molecule has 1 saturated carbocycles. The second-order valence-electron chi connectivity index (χ2n) is 8.55. The Morgan fingerprint density at radius 3 is 2.68 bits per heavy atom. The molecule has 3 N–H and O–H groups in total. The van der Waals surface area contributed by atoms with E-state index < -0.39 is 0 Å². The Bertz CT molecular complexity index is 753. The van der Waals surface area contributed by atoms with E-state index in [-0.39, 0.29) is 42.3 Å². The fourth-order valence-corrected chi connectivity index (χ4v) is 4.38. The highest BCUT2D eigenvalue weighted by molar-refractivity contribution is 14.0. The summed E-state index contributed by atoms with van der Waals surface area (Å²) in [7, 11) is 1.79. The van der Waals surface area contributed by atoms with Crippen molar-refractivity contribution in [1.29, 1.82) is 0 Å². The first kappa shape index (κ1) is 25.4. The number of nitrogens with zero attached hydrogens (tertiary/aromatic N) is 2. The van der Waals surface area contributed by atoms with Crippen LogP contribution in [-0.2, 0) is 11.3 Å². The maximum absolute atomic E-state index is 12.5. The van der Waals surface area contributed by atoms with Crippen molar-refractivity contribution in [3.05, 3.63) is 35.4 Å². The van der Waals surface area contributed by atoms with Crippen LogP contribution in [-0.4, -0.2) is 55.9 Å². The van der Waals surface area contributed by atoms with Crippen LogP contribution in [0.4, 0.5) is 0 Å². The van der Waals surface area contributed by atoms with Crippen LogP contribution in [0.5, 0.6) is 0 Å². The summed E-state index contributed by atoms with van der Waals surface area (Å²) in [6.07, 6.45) is 6.63. The molecule has 2 atom stereocenters. The minimum Gasteiger partial charge on any atom is -0.356 e. The van der Waals surface area contributed by atoms with Crippen LogP contribution in [0.15, 0.2) is 29.3 Å². The number of guanidine groups is 1. The van der Waals surface area contributed by atoms with Gasteiger partial charge in [-0.1, -0.05) is 38.3 Å². The van der Waals surface area contributed by atoms with E-state index in [4.69, 9.17) is 0 Å². The van der Waals surface area contributed by atoms with Crippen molar-refractivity contribution in [2.75, 3.05) is 33.2 Å². The Morgan fingerprint density at radius 2 is 2.00 bits per heavy atom. The van der Waals surface area contributed by atoms with Gasteiger partial charge >= 0.3 is 0 Å². The molecule has 2 aliphatic rings. The zero-order valence-corrected chi connectivity index (χ0v) is 21.0. The molecule has 0 spiro atoms.